The minimum absolute atomic E-state index is 0.0548. The number of ether oxygens (including phenoxy) is 2. The number of rotatable bonds is 4. The van der Waals surface area contributed by atoms with E-state index in [0.717, 1.165) is 11.1 Å². The number of fused-ring (bicyclic) bond motifs is 2. The summed E-state index contributed by atoms with van der Waals surface area (Å²) in [5, 5.41) is 0.743. The van der Waals surface area contributed by atoms with Crippen molar-refractivity contribution in [3.05, 3.63) is 82.9 Å². The number of esters is 2. The lowest BCUT2D eigenvalue weighted by Gasteiger charge is -2.06. The smallest absolute Gasteiger partial charge is 0.349 e. The molecule has 0 bridgehead atoms. The summed E-state index contributed by atoms with van der Waals surface area (Å²) in [4.78, 5) is 25.8. The number of nitrogens with two attached hydrogens (primary N) is 2. The second-order valence-corrected chi connectivity index (χ2v) is 7.84. The second-order valence-electron chi connectivity index (χ2n) is 7.84. The molecule has 4 N–H and O–H groups in total. The highest BCUT2D eigenvalue weighted by Crippen LogP contribution is 2.37. The highest BCUT2D eigenvalue weighted by molar-refractivity contribution is 6.15. The van der Waals surface area contributed by atoms with E-state index in [0.29, 0.717) is 22.3 Å². The number of para-hydroxylation sites is 2. The molecule has 0 radical (unpaired) electrons. The second kappa shape index (κ2) is 8.00. The van der Waals surface area contributed by atoms with Crippen LogP contribution in [0.2, 0.25) is 0 Å². The molecule has 5 aromatic rings. The summed E-state index contributed by atoms with van der Waals surface area (Å²) in [6, 6.07) is 17.3. The fraction of sp³-hybridized carbons (Fsp3) is 0.0769. The molecule has 0 aliphatic rings. The van der Waals surface area contributed by atoms with E-state index < -0.39 is 11.9 Å². The fourth-order valence-corrected chi connectivity index (χ4v) is 3.79. The predicted octanol–water partition coefficient (Wildman–Crippen LogP) is 5.40. The molecule has 0 aliphatic heterocycles. The average Bonchev–Trinajstić information content (AvgIpc) is 3.29. The Kier molecular flexibility index (Phi) is 4.98. The first-order valence-electron chi connectivity index (χ1n) is 10.4. The minimum atomic E-state index is -0.677. The van der Waals surface area contributed by atoms with Crippen molar-refractivity contribution >= 4 is 45.6 Å². The van der Waals surface area contributed by atoms with Gasteiger partial charge in [-0.2, -0.15) is 0 Å². The normalized spacial score (nSPS) is 11.1. The van der Waals surface area contributed by atoms with Crippen LogP contribution < -0.4 is 20.9 Å². The number of aryl methyl sites for hydroxylation is 2. The van der Waals surface area contributed by atoms with E-state index in [4.69, 9.17) is 29.8 Å². The van der Waals surface area contributed by atoms with Gasteiger partial charge in [0.2, 0.25) is 11.8 Å². The highest BCUT2D eigenvalue weighted by atomic mass is 16.5. The molecule has 2 aromatic heterocycles. The van der Waals surface area contributed by atoms with Gasteiger partial charge in [-0.1, -0.05) is 36.4 Å². The van der Waals surface area contributed by atoms with Crippen LogP contribution in [0.25, 0.3) is 21.9 Å². The van der Waals surface area contributed by atoms with Gasteiger partial charge in [0.25, 0.3) is 0 Å². The van der Waals surface area contributed by atoms with Gasteiger partial charge in [-0.05, 0) is 49.2 Å². The lowest BCUT2D eigenvalue weighted by molar-refractivity contribution is 0.0726. The van der Waals surface area contributed by atoms with Crippen LogP contribution in [0, 0.1) is 13.8 Å². The summed E-state index contributed by atoms with van der Waals surface area (Å²) < 4.78 is 22.3. The first kappa shape index (κ1) is 21.1. The Balaban J connectivity index is 1.55. The fourth-order valence-electron chi connectivity index (χ4n) is 3.79. The molecule has 0 amide bonds. The molecule has 170 valence electrons. The Hall–Kier alpha value is -4.72. The quantitative estimate of drug-likeness (QED) is 0.271. The molecule has 8 heteroatoms. The van der Waals surface area contributed by atoms with Gasteiger partial charge in [-0.25, -0.2) is 9.59 Å². The third-order valence-electron chi connectivity index (χ3n) is 5.55. The molecule has 0 saturated carbocycles. The van der Waals surface area contributed by atoms with Crippen molar-refractivity contribution in [3.63, 3.8) is 0 Å². The van der Waals surface area contributed by atoms with Gasteiger partial charge in [0.15, 0.2) is 0 Å². The van der Waals surface area contributed by atoms with Crippen molar-refractivity contribution in [2.75, 3.05) is 11.5 Å². The number of nitrogen functional groups attached to an aromatic ring is 2. The van der Waals surface area contributed by atoms with Crippen molar-refractivity contribution in [1.29, 1.82) is 0 Å². The van der Waals surface area contributed by atoms with Gasteiger partial charge in [0, 0.05) is 10.8 Å². The van der Waals surface area contributed by atoms with Crippen molar-refractivity contribution in [1.82, 2.24) is 0 Å². The van der Waals surface area contributed by atoms with Crippen LogP contribution in [0.1, 0.15) is 31.8 Å². The maximum absolute atomic E-state index is 12.9. The van der Waals surface area contributed by atoms with Crippen molar-refractivity contribution in [2.45, 2.75) is 13.8 Å². The Morgan fingerprint density at radius 2 is 1.06 bits per heavy atom. The summed E-state index contributed by atoms with van der Waals surface area (Å²) in [5.41, 5.74) is 14.3. The van der Waals surface area contributed by atoms with Gasteiger partial charge in [0.1, 0.15) is 33.8 Å². The van der Waals surface area contributed by atoms with E-state index >= 15 is 0 Å². The monoisotopic (exact) mass is 456 g/mol. The number of furan rings is 2. The Morgan fingerprint density at radius 3 is 1.44 bits per heavy atom. The predicted molar refractivity (Wildman–Crippen MR) is 127 cm³/mol. The number of benzene rings is 3. The summed E-state index contributed by atoms with van der Waals surface area (Å²) in [7, 11) is 0. The number of hydrogen-bond acceptors (Lipinski definition) is 8. The van der Waals surface area contributed by atoms with Gasteiger partial charge >= 0.3 is 11.9 Å². The van der Waals surface area contributed by atoms with Gasteiger partial charge in [0.05, 0.1) is 0 Å². The molecule has 0 unspecified atom stereocenters. The maximum Gasteiger partial charge on any atom is 0.349 e. The lowest BCUT2D eigenvalue weighted by Crippen LogP contribution is -2.11. The molecule has 0 aliphatic carbocycles. The zero-order valence-corrected chi connectivity index (χ0v) is 18.4. The van der Waals surface area contributed by atoms with E-state index in [1.54, 1.807) is 36.4 Å². The number of carbonyl (C=O) groups is 2. The summed E-state index contributed by atoms with van der Waals surface area (Å²) >= 11 is 0. The number of hydrogen-bond donors (Lipinski definition) is 2. The Labute approximate surface area is 193 Å². The van der Waals surface area contributed by atoms with E-state index in [9.17, 15) is 9.59 Å². The van der Waals surface area contributed by atoms with Crippen LogP contribution in [0.15, 0.2) is 69.5 Å². The summed E-state index contributed by atoms with van der Waals surface area (Å²) in [6.45, 7) is 3.65. The summed E-state index contributed by atoms with van der Waals surface area (Å²) in [6.07, 6.45) is 0. The van der Waals surface area contributed by atoms with Crippen LogP contribution >= 0.6 is 0 Å². The molecule has 0 fully saturated rings. The molecule has 8 nitrogen and oxygen atoms in total. The highest BCUT2D eigenvalue weighted by Gasteiger charge is 2.27. The van der Waals surface area contributed by atoms with Gasteiger partial charge in [-0.3, -0.25) is 0 Å². The molecular weight excluding hydrogens is 436 g/mol. The molecule has 0 atom stereocenters. The Bertz CT molecular complexity index is 1470. The van der Waals surface area contributed by atoms with E-state index in [1.807, 2.05) is 38.1 Å². The lowest BCUT2D eigenvalue weighted by atomic mass is 10.1. The number of anilines is 2. The Morgan fingerprint density at radius 1 is 0.676 bits per heavy atom. The van der Waals surface area contributed by atoms with E-state index in [1.165, 1.54) is 0 Å². The van der Waals surface area contributed by atoms with E-state index in [-0.39, 0.29) is 34.1 Å². The molecule has 3 aromatic carbocycles. The van der Waals surface area contributed by atoms with Crippen molar-refractivity contribution < 1.29 is 27.9 Å². The van der Waals surface area contributed by atoms with Crippen molar-refractivity contribution in [2.24, 2.45) is 0 Å². The van der Waals surface area contributed by atoms with Crippen LogP contribution in [0.5, 0.6) is 11.5 Å². The standard InChI is InChI=1S/C26H20N2O6/c1-13-7-3-5-9-17(13)33-25(29)21-15-11-20-16(12-19(15)31-23(21)27)22(24(28)32-20)26(30)34-18-10-6-4-8-14(18)2/h3-12H,27-28H2,1-2H3. The zero-order chi connectivity index (χ0) is 24.0. The molecule has 2 heterocycles. The van der Waals surface area contributed by atoms with Crippen molar-refractivity contribution in [3.8, 4) is 11.5 Å². The average molecular weight is 456 g/mol. The van der Waals surface area contributed by atoms with Crippen LogP contribution in [0.4, 0.5) is 11.8 Å². The summed E-state index contributed by atoms with van der Waals surface area (Å²) in [5.74, 6) is -0.764. The van der Waals surface area contributed by atoms with Crippen LogP contribution in [0.3, 0.4) is 0 Å². The third-order valence-corrected chi connectivity index (χ3v) is 5.55. The molecule has 5 rings (SSSR count). The van der Waals surface area contributed by atoms with Crippen LogP contribution in [-0.4, -0.2) is 11.9 Å². The third kappa shape index (κ3) is 3.51. The molecule has 34 heavy (non-hydrogen) atoms. The van der Waals surface area contributed by atoms with E-state index in [2.05, 4.69) is 0 Å². The maximum atomic E-state index is 12.9. The van der Waals surface area contributed by atoms with Gasteiger partial charge < -0.3 is 29.8 Å². The topological polar surface area (TPSA) is 131 Å². The SMILES string of the molecule is Cc1ccccc1OC(=O)c1c(N)oc2cc3c(C(=O)Oc4ccccc4C)c(N)oc3cc12. The molecular formula is C26H20N2O6. The largest absolute Gasteiger partial charge is 0.440 e. The van der Waals surface area contributed by atoms with Gasteiger partial charge in [-0.15, -0.1) is 0 Å². The first-order chi connectivity index (χ1) is 16.3. The minimum Gasteiger partial charge on any atom is -0.440 e. The number of carbonyl (C=O) groups excluding carboxylic acids is 2. The molecule has 0 saturated heterocycles. The van der Waals surface area contributed by atoms with Crippen LogP contribution in [-0.2, 0) is 0 Å². The molecule has 0 spiro atoms. The zero-order valence-electron chi connectivity index (χ0n) is 18.4. The first-order valence-corrected chi connectivity index (χ1v) is 10.4.